The van der Waals surface area contributed by atoms with Crippen molar-refractivity contribution >= 4 is 5.97 Å². The third kappa shape index (κ3) is 2.48. The largest absolute Gasteiger partial charge is 0.456 e. The van der Waals surface area contributed by atoms with E-state index in [-0.39, 0.29) is 17.4 Å². The molecule has 3 nitrogen and oxygen atoms in total. The maximum absolute atomic E-state index is 12.3. The number of fused-ring (bicyclic) bond motifs is 1. The Morgan fingerprint density at radius 3 is 2.68 bits per heavy atom. The molecule has 0 radical (unpaired) electrons. The molecule has 0 aromatic rings. The molecule has 3 heteroatoms. The van der Waals surface area contributed by atoms with Gasteiger partial charge in [0.15, 0.2) is 0 Å². The molecule has 2 aliphatic rings. The summed E-state index contributed by atoms with van der Waals surface area (Å²) in [6.45, 7) is 9.94. The van der Waals surface area contributed by atoms with Crippen LogP contribution in [-0.4, -0.2) is 17.6 Å². The van der Waals surface area contributed by atoms with Crippen molar-refractivity contribution in [3.63, 3.8) is 0 Å². The van der Waals surface area contributed by atoms with Crippen LogP contribution in [0.5, 0.6) is 0 Å². The van der Waals surface area contributed by atoms with E-state index >= 15 is 0 Å². The first kappa shape index (κ1) is 14.3. The van der Waals surface area contributed by atoms with Crippen molar-refractivity contribution in [2.45, 2.75) is 59.1 Å². The van der Waals surface area contributed by atoms with Gasteiger partial charge in [0.2, 0.25) is 0 Å². The average Bonchev–Trinajstić information content (AvgIpc) is 2.56. The monoisotopic (exact) mass is 263 g/mol. The smallest absolute Gasteiger partial charge is 0.338 e. The van der Waals surface area contributed by atoms with Crippen molar-refractivity contribution in [1.82, 2.24) is 0 Å². The lowest BCUT2D eigenvalue weighted by atomic mass is 9.69. The maximum atomic E-state index is 12.3. The first-order valence-electron chi connectivity index (χ1n) is 7.03. The molecule has 1 saturated carbocycles. The topological polar surface area (TPSA) is 52.3 Å². The minimum atomic E-state index is -0.456. The molecule has 2 aliphatic carbocycles. The first-order valence-corrected chi connectivity index (χ1v) is 7.03. The molecule has 0 spiro atoms. The molecular weight excluding hydrogens is 238 g/mol. The highest BCUT2D eigenvalue weighted by Crippen LogP contribution is 2.51. The van der Waals surface area contributed by atoms with Gasteiger partial charge in [-0.3, -0.25) is 0 Å². The zero-order valence-electron chi connectivity index (χ0n) is 12.6. The number of rotatable bonds is 1. The number of hydrogen-bond donors (Lipinski definition) is 1. The summed E-state index contributed by atoms with van der Waals surface area (Å²) < 4.78 is 5.49. The number of carbonyl (C=O) groups excluding carboxylic acids is 1. The van der Waals surface area contributed by atoms with Gasteiger partial charge in [0.25, 0.3) is 0 Å². The van der Waals surface area contributed by atoms with Crippen LogP contribution in [0, 0.1) is 11.3 Å². The predicted octanol–water partition coefficient (Wildman–Crippen LogP) is 2.96. The molecule has 0 saturated heterocycles. The Labute approximate surface area is 115 Å². The molecule has 2 unspecified atom stereocenters. The van der Waals surface area contributed by atoms with E-state index in [9.17, 15) is 4.79 Å². The highest BCUT2D eigenvalue weighted by molar-refractivity contribution is 5.93. The summed E-state index contributed by atoms with van der Waals surface area (Å²) in [6, 6.07) is 0.205. The van der Waals surface area contributed by atoms with E-state index in [1.807, 2.05) is 33.8 Å². The van der Waals surface area contributed by atoms with Crippen molar-refractivity contribution in [1.29, 1.82) is 0 Å². The first-order chi connectivity index (χ1) is 8.65. The van der Waals surface area contributed by atoms with Gasteiger partial charge in [-0.2, -0.15) is 0 Å². The van der Waals surface area contributed by atoms with Gasteiger partial charge in [0, 0.05) is 12.0 Å². The summed E-state index contributed by atoms with van der Waals surface area (Å²) >= 11 is 0. The molecule has 0 heterocycles. The average molecular weight is 263 g/mol. The number of ether oxygens (including phenoxy) is 1. The normalized spacial score (nSPS) is 34.4. The van der Waals surface area contributed by atoms with Crippen LogP contribution in [0.2, 0.25) is 0 Å². The Kier molecular flexibility index (Phi) is 3.38. The van der Waals surface area contributed by atoms with E-state index in [0.717, 1.165) is 18.4 Å². The Balaban J connectivity index is 2.30. The fourth-order valence-corrected chi connectivity index (χ4v) is 3.26. The number of carbonyl (C=O) groups is 1. The summed E-state index contributed by atoms with van der Waals surface area (Å²) in [5.74, 6) is 0.125. The summed E-state index contributed by atoms with van der Waals surface area (Å²) in [5.41, 5.74) is 7.57. The predicted molar refractivity (Wildman–Crippen MR) is 76.5 cm³/mol. The molecule has 0 aliphatic heterocycles. The highest BCUT2D eigenvalue weighted by atomic mass is 16.6. The van der Waals surface area contributed by atoms with Crippen LogP contribution >= 0.6 is 0 Å². The molecule has 0 aromatic heterocycles. The van der Waals surface area contributed by atoms with E-state index in [2.05, 4.69) is 13.0 Å². The maximum Gasteiger partial charge on any atom is 0.338 e. The van der Waals surface area contributed by atoms with Gasteiger partial charge in [-0.25, -0.2) is 4.79 Å². The lowest BCUT2D eigenvalue weighted by molar-refractivity contribution is -0.149. The zero-order chi connectivity index (χ0) is 14.4. The minimum absolute atomic E-state index is 0.0143. The molecule has 2 rings (SSSR count). The summed E-state index contributed by atoms with van der Waals surface area (Å²) in [6.07, 6.45) is 6.07. The summed E-state index contributed by atoms with van der Waals surface area (Å²) in [5, 5.41) is 0. The number of nitrogens with two attached hydrogens (primary N) is 1. The van der Waals surface area contributed by atoms with Gasteiger partial charge in [-0.1, -0.05) is 24.6 Å². The molecule has 3 atom stereocenters. The minimum Gasteiger partial charge on any atom is -0.456 e. The van der Waals surface area contributed by atoms with Gasteiger partial charge in [-0.05, 0) is 46.0 Å². The van der Waals surface area contributed by atoms with E-state index < -0.39 is 5.60 Å². The Bertz CT molecular complexity index is 456. The second kappa shape index (κ2) is 4.48. The third-order valence-corrected chi connectivity index (χ3v) is 4.54. The number of esters is 1. The highest BCUT2D eigenvalue weighted by Gasteiger charge is 2.46. The Morgan fingerprint density at radius 2 is 2.11 bits per heavy atom. The van der Waals surface area contributed by atoms with Crippen LogP contribution in [0.25, 0.3) is 0 Å². The van der Waals surface area contributed by atoms with Gasteiger partial charge in [-0.15, -0.1) is 0 Å². The van der Waals surface area contributed by atoms with Crippen LogP contribution in [0.1, 0.15) is 47.5 Å². The van der Waals surface area contributed by atoms with Crippen molar-refractivity contribution in [3.8, 4) is 0 Å². The van der Waals surface area contributed by atoms with E-state index in [1.54, 1.807) is 0 Å². The molecular formula is C16H25NO2. The fraction of sp³-hybridized carbons (Fsp3) is 0.688. The number of allylic oxidation sites excluding steroid dienone is 1. The van der Waals surface area contributed by atoms with E-state index in [0.29, 0.717) is 11.5 Å². The second-order valence-corrected chi connectivity index (χ2v) is 7.05. The molecule has 1 fully saturated rings. The molecule has 2 N–H and O–H groups in total. The van der Waals surface area contributed by atoms with Crippen LogP contribution in [0.3, 0.4) is 0 Å². The second-order valence-electron chi connectivity index (χ2n) is 7.05. The SMILES string of the molecule is CC1=C(C(=O)OC(C)(C)C)C=CC2[C@@H](N)CCC12C. The van der Waals surface area contributed by atoms with Crippen molar-refractivity contribution < 1.29 is 9.53 Å². The Hall–Kier alpha value is -1.09. The van der Waals surface area contributed by atoms with Crippen LogP contribution in [-0.2, 0) is 9.53 Å². The van der Waals surface area contributed by atoms with Crippen LogP contribution in [0.15, 0.2) is 23.3 Å². The van der Waals surface area contributed by atoms with E-state index in [4.69, 9.17) is 10.5 Å². The fourth-order valence-electron chi connectivity index (χ4n) is 3.26. The molecule has 0 amide bonds. The quantitative estimate of drug-likeness (QED) is 0.740. The lowest BCUT2D eigenvalue weighted by Gasteiger charge is -2.36. The van der Waals surface area contributed by atoms with Crippen molar-refractivity contribution in [3.05, 3.63) is 23.3 Å². The van der Waals surface area contributed by atoms with Gasteiger partial charge in [0.1, 0.15) is 5.60 Å². The van der Waals surface area contributed by atoms with Gasteiger partial charge in [0.05, 0.1) is 5.57 Å². The third-order valence-electron chi connectivity index (χ3n) is 4.54. The zero-order valence-corrected chi connectivity index (χ0v) is 12.6. The molecule has 19 heavy (non-hydrogen) atoms. The van der Waals surface area contributed by atoms with Crippen LogP contribution in [0.4, 0.5) is 0 Å². The van der Waals surface area contributed by atoms with Crippen molar-refractivity contribution in [2.75, 3.05) is 0 Å². The number of hydrogen-bond acceptors (Lipinski definition) is 3. The Morgan fingerprint density at radius 1 is 1.47 bits per heavy atom. The summed E-state index contributed by atoms with van der Waals surface area (Å²) in [4.78, 5) is 12.3. The molecule has 106 valence electrons. The molecule has 0 aromatic carbocycles. The van der Waals surface area contributed by atoms with Crippen LogP contribution < -0.4 is 5.73 Å². The van der Waals surface area contributed by atoms with Gasteiger partial charge >= 0.3 is 5.97 Å². The van der Waals surface area contributed by atoms with Crippen molar-refractivity contribution in [2.24, 2.45) is 17.1 Å². The van der Waals surface area contributed by atoms with E-state index in [1.165, 1.54) is 0 Å². The van der Waals surface area contributed by atoms with Gasteiger partial charge < -0.3 is 10.5 Å². The standard InChI is InChI=1S/C16H25NO2/c1-10-11(14(18)19-15(2,3)4)6-7-12-13(17)8-9-16(10,12)5/h6-7,12-13H,8-9,17H2,1-5H3/t12?,13-,16?/m0/s1. The summed E-state index contributed by atoms with van der Waals surface area (Å²) in [7, 11) is 0. The lowest BCUT2D eigenvalue weighted by Crippen LogP contribution is -2.36. The molecule has 0 bridgehead atoms.